The third kappa shape index (κ3) is 67.8. The third-order valence-electron chi connectivity index (χ3n) is 16.0. The molecule has 472 valence electrons. The van der Waals surface area contributed by atoms with Gasteiger partial charge in [0.15, 0.2) is 6.10 Å². The number of carbonyl (C=O) groups is 3. The van der Waals surface area contributed by atoms with Gasteiger partial charge < -0.3 is 14.2 Å². The molecule has 0 amide bonds. The van der Waals surface area contributed by atoms with Gasteiger partial charge in [0, 0.05) is 19.3 Å². The highest BCUT2D eigenvalue weighted by Crippen LogP contribution is 2.18. The zero-order chi connectivity index (χ0) is 58.5. The van der Waals surface area contributed by atoms with Crippen LogP contribution in [-0.4, -0.2) is 37.2 Å². The maximum Gasteiger partial charge on any atom is 0.306 e. The van der Waals surface area contributed by atoms with E-state index in [1.165, 1.54) is 231 Å². The zero-order valence-electron chi connectivity index (χ0n) is 54.3. The van der Waals surface area contributed by atoms with E-state index in [4.69, 9.17) is 14.2 Å². The Balaban J connectivity index is 4.17. The molecule has 0 bridgehead atoms. The standard InChI is InChI=1S/C75H136O6/c1-4-7-10-13-16-19-22-25-27-29-31-32-33-34-35-36-37-38-39-40-41-42-44-45-47-50-53-56-59-62-65-68-74(77)80-71-72(70-79-73(76)67-64-61-58-55-52-49-24-21-18-15-12-9-6-3)81-75(78)69-66-63-60-57-54-51-48-46-43-30-28-26-23-20-17-14-11-8-5-2/h12,15,17,20-21,24,26,28,43,46,72H,4-11,13-14,16,18-19,22-23,25,27,29-42,44-45,47-71H2,1-3H3/b15-12-,20-17-,24-21-,28-26-,46-43-. The molecule has 1 atom stereocenters. The first-order valence-electron chi connectivity index (χ1n) is 35.8. The second-order valence-electron chi connectivity index (χ2n) is 24.1. The Kier molecular flexibility index (Phi) is 67.1. The van der Waals surface area contributed by atoms with E-state index in [2.05, 4.69) is 81.5 Å². The molecule has 0 saturated carbocycles. The van der Waals surface area contributed by atoms with Gasteiger partial charge in [0.25, 0.3) is 0 Å². The van der Waals surface area contributed by atoms with Crippen molar-refractivity contribution in [1.82, 2.24) is 0 Å². The van der Waals surface area contributed by atoms with Crippen molar-refractivity contribution in [3.8, 4) is 0 Å². The molecule has 0 spiro atoms. The number of hydrogen-bond donors (Lipinski definition) is 0. The zero-order valence-corrected chi connectivity index (χ0v) is 54.3. The van der Waals surface area contributed by atoms with E-state index in [0.717, 1.165) is 109 Å². The Morgan fingerprint density at radius 3 is 0.765 bits per heavy atom. The van der Waals surface area contributed by atoms with Gasteiger partial charge in [0.2, 0.25) is 0 Å². The number of rotatable bonds is 66. The van der Waals surface area contributed by atoms with Gasteiger partial charge in [-0.2, -0.15) is 0 Å². The summed E-state index contributed by atoms with van der Waals surface area (Å²) >= 11 is 0. The van der Waals surface area contributed by atoms with Gasteiger partial charge >= 0.3 is 17.9 Å². The van der Waals surface area contributed by atoms with E-state index in [9.17, 15) is 14.4 Å². The lowest BCUT2D eigenvalue weighted by atomic mass is 10.0. The molecule has 0 aromatic heterocycles. The monoisotopic (exact) mass is 1130 g/mol. The van der Waals surface area contributed by atoms with Gasteiger partial charge in [0.1, 0.15) is 13.2 Å². The van der Waals surface area contributed by atoms with Crippen molar-refractivity contribution in [3.63, 3.8) is 0 Å². The molecule has 0 aromatic rings. The minimum Gasteiger partial charge on any atom is -0.462 e. The first kappa shape index (κ1) is 78.1. The molecule has 0 rings (SSSR count). The fourth-order valence-corrected chi connectivity index (χ4v) is 10.6. The van der Waals surface area contributed by atoms with Crippen LogP contribution in [0.15, 0.2) is 60.8 Å². The molecule has 6 heteroatoms. The summed E-state index contributed by atoms with van der Waals surface area (Å²) in [4.78, 5) is 38.4. The van der Waals surface area contributed by atoms with Crippen LogP contribution in [-0.2, 0) is 28.6 Å². The van der Waals surface area contributed by atoms with Crippen LogP contribution in [0.2, 0.25) is 0 Å². The Bertz CT molecular complexity index is 1440. The second kappa shape index (κ2) is 69.6. The lowest BCUT2D eigenvalue weighted by Crippen LogP contribution is -2.30. The van der Waals surface area contributed by atoms with Crippen LogP contribution in [0.3, 0.4) is 0 Å². The van der Waals surface area contributed by atoms with Crippen molar-refractivity contribution in [1.29, 1.82) is 0 Å². The van der Waals surface area contributed by atoms with Crippen LogP contribution in [0.4, 0.5) is 0 Å². The lowest BCUT2D eigenvalue weighted by Gasteiger charge is -2.18. The average Bonchev–Trinajstić information content (AvgIpc) is 3.46. The van der Waals surface area contributed by atoms with Gasteiger partial charge in [-0.3, -0.25) is 14.4 Å². The summed E-state index contributed by atoms with van der Waals surface area (Å²) in [5.41, 5.74) is 0. The largest absolute Gasteiger partial charge is 0.462 e. The number of ether oxygens (including phenoxy) is 3. The molecule has 0 aliphatic carbocycles. The topological polar surface area (TPSA) is 78.9 Å². The Morgan fingerprint density at radius 2 is 0.469 bits per heavy atom. The van der Waals surface area contributed by atoms with Gasteiger partial charge in [-0.1, -0.05) is 338 Å². The fraction of sp³-hybridized carbons (Fsp3) is 0.827. The third-order valence-corrected chi connectivity index (χ3v) is 16.0. The van der Waals surface area contributed by atoms with Gasteiger partial charge in [-0.15, -0.1) is 0 Å². The highest BCUT2D eigenvalue weighted by molar-refractivity contribution is 5.71. The van der Waals surface area contributed by atoms with Crippen molar-refractivity contribution in [2.75, 3.05) is 13.2 Å². The molecule has 0 saturated heterocycles. The number of esters is 3. The van der Waals surface area contributed by atoms with Crippen LogP contribution < -0.4 is 0 Å². The van der Waals surface area contributed by atoms with Crippen molar-refractivity contribution in [2.24, 2.45) is 0 Å². The number of carbonyl (C=O) groups excluding carboxylic acids is 3. The minimum atomic E-state index is -0.787. The molecule has 0 aliphatic heterocycles. The molecule has 1 unspecified atom stereocenters. The molecule has 0 fully saturated rings. The SMILES string of the molecule is CCC/C=C\C/C=C\CCCCCCCC(=O)OCC(COC(=O)CCCCCCCCCCCCCCCCCCCCCCCCCCCCCCCCC)OC(=O)CCCCCCCC/C=C\C/C=C\C/C=C\CCCCC. The van der Waals surface area contributed by atoms with Gasteiger partial charge in [0.05, 0.1) is 0 Å². The molecule has 0 N–H and O–H groups in total. The van der Waals surface area contributed by atoms with Crippen LogP contribution in [0.1, 0.15) is 380 Å². The Morgan fingerprint density at radius 1 is 0.247 bits per heavy atom. The summed E-state index contributed by atoms with van der Waals surface area (Å²) in [6.45, 7) is 6.58. The highest BCUT2D eigenvalue weighted by atomic mass is 16.6. The molecular formula is C75H136O6. The quantitative estimate of drug-likeness (QED) is 0.0261. The van der Waals surface area contributed by atoms with Crippen LogP contribution in [0, 0.1) is 0 Å². The summed E-state index contributed by atoms with van der Waals surface area (Å²) in [6.07, 6.45) is 89.8. The maximum absolute atomic E-state index is 12.9. The number of unbranched alkanes of at least 4 members (excludes halogenated alkanes) is 45. The summed E-state index contributed by atoms with van der Waals surface area (Å²) in [5.74, 6) is -0.888. The van der Waals surface area contributed by atoms with E-state index in [1.54, 1.807) is 0 Å². The van der Waals surface area contributed by atoms with Crippen LogP contribution in [0.5, 0.6) is 0 Å². The summed E-state index contributed by atoms with van der Waals surface area (Å²) in [5, 5.41) is 0. The first-order valence-corrected chi connectivity index (χ1v) is 35.8. The normalized spacial score (nSPS) is 12.4. The molecule has 6 nitrogen and oxygen atoms in total. The second-order valence-corrected chi connectivity index (χ2v) is 24.1. The molecule has 81 heavy (non-hydrogen) atoms. The van der Waals surface area contributed by atoms with Crippen molar-refractivity contribution in [2.45, 2.75) is 386 Å². The van der Waals surface area contributed by atoms with E-state index in [0.29, 0.717) is 19.3 Å². The molecule has 0 radical (unpaired) electrons. The van der Waals surface area contributed by atoms with Gasteiger partial charge in [-0.25, -0.2) is 0 Å². The summed E-state index contributed by atoms with van der Waals surface area (Å²) < 4.78 is 16.9. The Hall–Kier alpha value is -2.89. The minimum absolute atomic E-state index is 0.0811. The highest BCUT2D eigenvalue weighted by Gasteiger charge is 2.19. The predicted molar refractivity (Wildman–Crippen MR) is 353 cm³/mol. The summed E-state index contributed by atoms with van der Waals surface area (Å²) in [7, 11) is 0. The van der Waals surface area contributed by atoms with Crippen molar-refractivity contribution >= 4 is 17.9 Å². The maximum atomic E-state index is 12.9. The molecule has 0 aliphatic rings. The number of allylic oxidation sites excluding steroid dienone is 10. The van der Waals surface area contributed by atoms with Crippen molar-refractivity contribution in [3.05, 3.63) is 60.8 Å². The van der Waals surface area contributed by atoms with Crippen LogP contribution in [0.25, 0.3) is 0 Å². The Labute approximate surface area is 504 Å². The predicted octanol–water partition coefficient (Wildman–Crippen LogP) is 24.7. The van der Waals surface area contributed by atoms with E-state index in [-0.39, 0.29) is 31.1 Å². The smallest absolute Gasteiger partial charge is 0.306 e. The van der Waals surface area contributed by atoms with Crippen LogP contribution >= 0.6 is 0 Å². The summed E-state index contributed by atoms with van der Waals surface area (Å²) in [6, 6.07) is 0. The molecular weight excluding hydrogens is 997 g/mol. The van der Waals surface area contributed by atoms with E-state index < -0.39 is 6.10 Å². The lowest BCUT2D eigenvalue weighted by molar-refractivity contribution is -0.167. The molecule has 0 heterocycles. The molecule has 0 aromatic carbocycles. The van der Waals surface area contributed by atoms with E-state index >= 15 is 0 Å². The first-order chi connectivity index (χ1) is 40.0. The van der Waals surface area contributed by atoms with Gasteiger partial charge in [-0.05, 0) is 83.5 Å². The number of hydrogen-bond acceptors (Lipinski definition) is 6. The van der Waals surface area contributed by atoms with E-state index in [1.807, 2.05) is 0 Å². The van der Waals surface area contributed by atoms with Crippen molar-refractivity contribution < 1.29 is 28.6 Å². The average molecular weight is 1130 g/mol. The fourth-order valence-electron chi connectivity index (χ4n) is 10.6.